The van der Waals surface area contributed by atoms with Gasteiger partial charge in [0.25, 0.3) is 0 Å². The fourth-order valence-corrected chi connectivity index (χ4v) is 1.91. The van der Waals surface area contributed by atoms with E-state index in [2.05, 4.69) is 0 Å². The first kappa shape index (κ1) is 13.4. The number of carbonyl (C=O) groups excluding carboxylic acids is 1. The van der Waals surface area contributed by atoms with Crippen LogP contribution in [0.4, 0.5) is 13.2 Å². The van der Waals surface area contributed by atoms with E-state index in [0.717, 1.165) is 12.1 Å². The highest BCUT2D eigenvalue weighted by Gasteiger charge is 2.30. The maximum atomic E-state index is 12.6. The molecule has 100 valence electrons. The van der Waals surface area contributed by atoms with Gasteiger partial charge in [-0.3, -0.25) is 4.79 Å². The summed E-state index contributed by atoms with van der Waals surface area (Å²) in [6.07, 6.45) is -2.67. The summed E-state index contributed by atoms with van der Waals surface area (Å²) < 4.78 is 39.4. The van der Waals surface area contributed by atoms with Crippen molar-refractivity contribution < 1.29 is 18.0 Å². The molecule has 1 aromatic carbocycles. The second-order valence-electron chi connectivity index (χ2n) is 4.28. The Morgan fingerprint density at radius 1 is 1.21 bits per heavy atom. The Balaban J connectivity index is 2.29. The molecule has 0 radical (unpaired) electrons. The molecule has 0 atom stereocenters. The van der Waals surface area contributed by atoms with Gasteiger partial charge in [0, 0.05) is 19.7 Å². The van der Waals surface area contributed by atoms with Crippen LogP contribution in [0, 0.1) is 0 Å². The highest BCUT2D eigenvalue weighted by Crippen LogP contribution is 2.29. The molecule has 0 aliphatic rings. The molecule has 0 aliphatic carbocycles. The number of benzene rings is 1. The van der Waals surface area contributed by atoms with Gasteiger partial charge in [-0.25, -0.2) is 0 Å². The minimum Gasteiger partial charge on any atom is -0.341 e. The lowest BCUT2D eigenvalue weighted by Gasteiger charge is -2.10. The fraction of sp³-hybridized carbons (Fsp3) is 0.214. The summed E-state index contributed by atoms with van der Waals surface area (Å²) >= 11 is 0. The van der Waals surface area contributed by atoms with Crippen molar-refractivity contribution >= 4 is 5.78 Å². The molecule has 2 rings (SSSR count). The van der Waals surface area contributed by atoms with Crippen LogP contribution in [0.2, 0.25) is 0 Å². The second-order valence-corrected chi connectivity index (χ2v) is 4.28. The molecule has 2 aromatic rings. The van der Waals surface area contributed by atoms with Crippen LogP contribution in [-0.2, 0) is 12.7 Å². The average Bonchev–Trinajstić information content (AvgIpc) is 2.76. The number of hydrogen-bond acceptors (Lipinski definition) is 1. The standard InChI is InChI=1S/C14H12F3NO/c1-10(19)13-6-3-7-18(13)9-11-4-2-5-12(8-11)14(15,16)17/h2-8H,9H2,1H3. The first-order valence-corrected chi connectivity index (χ1v) is 5.70. The largest absolute Gasteiger partial charge is 0.416 e. The molecule has 0 bridgehead atoms. The predicted molar refractivity (Wildman–Crippen MR) is 65.0 cm³/mol. The SMILES string of the molecule is CC(=O)c1cccn1Cc1cccc(C(F)(F)F)c1. The highest BCUT2D eigenvalue weighted by molar-refractivity contribution is 5.92. The Bertz CT molecular complexity index is 599. The smallest absolute Gasteiger partial charge is 0.341 e. The number of halogens is 3. The zero-order valence-corrected chi connectivity index (χ0v) is 10.2. The molecule has 0 saturated carbocycles. The molecule has 0 aliphatic heterocycles. The van der Waals surface area contributed by atoms with Gasteiger partial charge in [0.2, 0.25) is 0 Å². The third-order valence-corrected chi connectivity index (χ3v) is 2.80. The summed E-state index contributed by atoms with van der Waals surface area (Å²) in [7, 11) is 0. The van der Waals surface area contributed by atoms with Gasteiger partial charge in [-0.15, -0.1) is 0 Å². The summed E-state index contributed by atoms with van der Waals surface area (Å²) in [5, 5.41) is 0. The van der Waals surface area contributed by atoms with Crippen molar-refractivity contribution in [1.29, 1.82) is 0 Å². The topological polar surface area (TPSA) is 22.0 Å². The van der Waals surface area contributed by atoms with E-state index in [0.29, 0.717) is 11.3 Å². The number of ketones is 1. The van der Waals surface area contributed by atoms with Gasteiger partial charge in [0.1, 0.15) is 0 Å². The molecule has 19 heavy (non-hydrogen) atoms. The first-order chi connectivity index (χ1) is 8.88. The monoisotopic (exact) mass is 267 g/mol. The molecule has 0 unspecified atom stereocenters. The quantitative estimate of drug-likeness (QED) is 0.776. The lowest BCUT2D eigenvalue weighted by atomic mass is 10.1. The fourth-order valence-electron chi connectivity index (χ4n) is 1.91. The average molecular weight is 267 g/mol. The van der Waals surface area contributed by atoms with E-state index in [9.17, 15) is 18.0 Å². The number of carbonyl (C=O) groups is 1. The summed E-state index contributed by atoms with van der Waals surface area (Å²) in [5.41, 5.74) is 0.312. The molecule has 1 heterocycles. The van der Waals surface area contributed by atoms with Gasteiger partial charge in [-0.1, -0.05) is 12.1 Å². The molecule has 0 N–H and O–H groups in total. The lowest BCUT2D eigenvalue weighted by molar-refractivity contribution is -0.137. The van der Waals surface area contributed by atoms with E-state index in [4.69, 9.17) is 0 Å². The normalized spacial score (nSPS) is 11.6. The number of rotatable bonds is 3. The summed E-state index contributed by atoms with van der Waals surface area (Å²) in [4.78, 5) is 11.3. The van der Waals surface area contributed by atoms with Gasteiger partial charge < -0.3 is 4.57 Å². The van der Waals surface area contributed by atoms with Crippen molar-refractivity contribution in [1.82, 2.24) is 4.57 Å². The van der Waals surface area contributed by atoms with Crippen molar-refractivity contribution in [3.8, 4) is 0 Å². The predicted octanol–water partition coefficient (Wildman–Crippen LogP) is 3.76. The summed E-state index contributed by atoms with van der Waals surface area (Å²) in [6, 6.07) is 8.46. The molecule has 2 nitrogen and oxygen atoms in total. The number of nitrogens with zero attached hydrogens (tertiary/aromatic N) is 1. The molecule has 0 saturated heterocycles. The molecule has 0 amide bonds. The minimum absolute atomic E-state index is 0.114. The van der Waals surface area contributed by atoms with Crippen LogP contribution < -0.4 is 0 Å². The van der Waals surface area contributed by atoms with E-state index in [1.807, 2.05) is 0 Å². The van der Waals surface area contributed by atoms with Gasteiger partial charge in [0.05, 0.1) is 11.3 Å². The van der Waals surface area contributed by atoms with Crippen LogP contribution >= 0.6 is 0 Å². The van der Waals surface area contributed by atoms with Crippen molar-refractivity contribution in [3.05, 3.63) is 59.4 Å². The zero-order chi connectivity index (χ0) is 14.0. The van der Waals surface area contributed by atoms with Gasteiger partial charge in [0.15, 0.2) is 5.78 Å². The van der Waals surface area contributed by atoms with Crippen LogP contribution in [0.3, 0.4) is 0 Å². The molecular formula is C14H12F3NO. The van der Waals surface area contributed by atoms with Crippen molar-refractivity contribution in [2.45, 2.75) is 19.6 Å². The molecule has 5 heteroatoms. The third kappa shape index (κ3) is 3.05. The number of Topliss-reactive ketones (excluding diaryl/α,β-unsaturated/α-hetero) is 1. The van der Waals surface area contributed by atoms with Crippen LogP contribution in [0.5, 0.6) is 0 Å². The number of aromatic nitrogens is 1. The number of alkyl halides is 3. The molecular weight excluding hydrogens is 255 g/mol. The van der Waals surface area contributed by atoms with Crippen LogP contribution in [-0.4, -0.2) is 10.4 Å². The zero-order valence-electron chi connectivity index (χ0n) is 10.2. The highest BCUT2D eigenvalue weighted by atomic mass is 19.4. The van der Waals surface area contributed by atoms with Gasteiger partial charge in [-0.05, 0) is 29.8 Å². The maximum Gasteiger partial charge on any atom is 0.416 e. The van der Waals surface area contributed by atoms with Crippen molar-refractivity contribution in [3.63, 3.8) is 0 Å². The Labute approximate surface area is 108 Å². The Morgan fingerprint density at radius 3 is 2.58 bits per heavy atom. The van der Waals surface area contributed by atoms with E-state index < -0.39 is 11.7 Å². The lowest BCUT2D eigenvalue weighted by Crippen LogP contribution is -2.09. The number of hydrogen-bond donors (Lipinski definition) is 0. The Kier molecular flexibility index (Phi) is 3.46. The van der Waals surface area contributed by atoms with Crippen molar-refractivity contribution in [2.24, 2.45) is 0 Å². The van der Waals surface area contributed by atoms with E-state index >= 15 is 0 Å². The first-order valence-electron chi connectivity index (χ1n) is 5.70. The molecule has 0 fully saturated rings. The summed E-state index contributed by atoms with van der Waals surface area (Å²) in [6.45, 7) is 1.67. The van der Waals surface area contributed by atoms with Crippen LogP contribution in [0.1, 0.15) is 28.5 Å². The molecule has 1 aromatic heterocycles. The Hall–Kier alpha value is -2.04. The van der Waals surface area contributed by atoms with Gasteiger partial charge >= 0.3 is 6.18 Å². The van der Waals surface area contributed by atoms with E-state index in [1.165, 1.54) is 13.0 Å². The Morgan fingerprint density at radius 2 is 1.95 bits per heavy atom. The van der Waals surface area contributed by atoms with Gasteiger partial charge in [-0.2, -0.15) is 13.2 Å². The van der Waals surface area contributed by atoms with Crippen molar-refractivity contribution in [2.75, 3.05) is 0 Å². The molecule has 0 spiro atoms. The third-order valence-electron chi connectivity index (χ3n) is 2.80. The van der Waals surface area contributed by atoms with Crippen LogP contribution in [0.15, 0.2) is 42.6 Å². The maximum absolute atomic E-state index is 12.6. The van der Waals surface area contributed by atoms with E-state index in [-0.39, 0.29) is 12.3 Å². The van der Waals surface area contributed by atoms with E-state index in [1.54, 1.807) is 29.0 Å². The summed E-state index contributed by atoms with van der Waals surface area (Å²) in [5.74, 6) is -0.114. The second kappa shape index (κ2) is 4.91. The van der Waals surface area contributed by atoms with Crippen LogP contribution in [0.25, 0.3) is 0 Å². The minimum atomic E-state index is -4.35.